The monoisotopic (exact) mass is 283 g/mol. The van der Waals surface area contributed by atoms with Gasteiger partial charge in [-0.3, -0.25) is 0 Å². The third-order valence-corrected chi connectivity index (χ3v) is 4.17. The molecule has 0 amide bonds. The topological polar surface area (TPSA) is 30.5 Å². The molecule has 0 aliphatic carbocycles. The van der Waals surface area contributed by atoms with E-state index >= 15 is 0 Å². The molecule has 2 aliphatic rings. The van der Waals surface area contributed by atoms with E-state index in [1.165, 1.54) is 12.1 Å². The molecular formula is C15H19F2NO2. The minimum absolute atomic E-state index is 0.0852. The molecule has 2 unspecified atom stereocenters. The second kappa shape index (κ2) is 5.30. The molecule has 2 aliphatic heterocycles. The van der Waals surface area contributed by atoms with Gasteiger partial charge in [0.1, 0.15) is 11.6 Å². The average Bonchev–Trinajstić information content (AvgIpc) is 2.84. The fraction of sp³-hybridized carbons (Fsp3) is 0.600. The Morgan fingerprint density at radius 2 is 2.10 bits per heavy atom. The normalized spacial score (nSPS) is 29.9. The maximum Gasteiger partial charge on any atom is 0.146 e. The molecule has 3 nitrogen and oxygen atoms in total. The molecule has 2 atom stereocenters. The number of rotatable bonds is 2. The zero-order chi connectivity index (χ0) is 14.2. The Morgan fingerprint density at radius 3 is 2.85 bits per heavy atom. The van der Waals surface area contributed by atoms with Crippen LogP contribution in [0.15, 0.2) is 12.1 Å². The van der Waals surface area contributed by atoms with Crippen molar-refractivity contribution < 1.29 is 18.3 Å². The van der Waals surface area contributed by atoms with E-state index in [0.29, 0.717) is 25.4 Å². The van der Waals surface area contributed by atoms with Crippen LogP contribution in [0.5, 0.6) is 0 Å². The van der Waals surface area contributed by atoms with Gasteiger partial charge < -0.3 is 14.8 Å². The lowest BCUT2D eigenvalue weighted by Gasteiger charge is -2.37. The molecule has 5 heteroatoms. The fourth-order valence-corrected chi connectivity index (χ4v) is 2.99. The van der Waals surface area contributed by atoms with Gasteiger partial charge >= 0.3 is 0 Å². The van der Waals surface area contributed by atoms with Gasteiger partial charge in [0.15, 0.2) is 0 Å². The van der Waals surface area contributed by atoms with Crippen LogP contribution < -0.4 is 5.32 Å². The molecule has 2 heterocycles. The Bertz CT molecular complexity index is 501. The van der Waals surface area contributed by atoms with Crippen molar-refractivity contribution in [2.45, 2.75) is 37.8 Å². The van der Waals surface area contributed by atoms with Gasteiger partial charge in [-0.25, -0.2) is 8.78 Å². The van der Waals surface area contributed by atoms with E-state index < -0.39 is 5.82 Å². The third kappa shape index (κ3) is 2.65. The summed E-state index contributed by atoms with van der Waals surface area (Å²) in [6.07, 6.45) is 2.43. The number of aryl methyl sites for hydroxylation is 1. The van der Waals surface area contributed by atoms with Crippen LogP contribution in [-0.4, -0.2) is 31.5 Å². The molecule has 20 heavy (non-hydrogen) atoms. The number of benzene rings is 1. The molecule has 0 bridgehead atoms. The largest absolute Gasteiger partial charge is 0.380 e. The summed E-state index contributed by atoms with van der Waals surface area (Å²) >= 11 is 0. The predicted molar refractivity (Wildman–Crippen MR) is 71.9 cm³/mol. The molecule has 1 N–H and O–H groups in total. The molecule has 0 saturated carbocycles. The second-order valence-electron chi connectivity index (χ2n) is 5.75. The quantitative estimate of drug-likeness (QED) is 0.905. The van der Waals surface area contributed by atoms with Crippen LogP contribution in [0.25, 0.3) is 0 Å². The SMILES string of the molecule is Cc1cc(F)c(NC2CCOC3(CCOC3)C2)cc1F. The molecule has 0 radical (unpaired) electrons. The summed E-state index contributed by atoms with van der Waals surface area (Å²) in [4.78, 5) is 0. The van der Waals surface area contributed by atoms with Crippen molar-refractivity contribution in [1.82, 2.24) is 0 Å². The number of nitrogens with one attached hydrogen (secondary N) is 1. The van der Waals surface area contributed by atoms with E-state index in [1.807, 2.05) is 0 Å². The minimum atomic E-state index is -0.410. The van der Waals surface area contributed by atoms with Gasteiger partial charge in [-0.1, -0.05) is 0 Å². The lowest BCUT2D eigenvalue weighted by molar-refractivity contribution is -0.0828. The summed E-state index contributed by atoms with van der Waals surface area (Å²) in [5, 5.41) is 3.12. The highest BCUT2D eigenvalue weighted by Gasteiger charge is 2.41. The van der Waals surface area contributed by atoms with Gasteiger partial charge in [-0.15, -0.1) is 0 Å². The Labute approximate surface area is 117 Å². The van der Waals surface area contributed by atoms with E-state index in [0.717, 1.165) is 19.3 Å². The van der Waals surface area contributed by atoms with E-state index in [9.17, 15) is 8.78 Å². The molecule has 0 aromatic heterocycles. The van der Waals surface area contributed by atoms with Crippen molar-refractivity contribution in [3.8, 4) is 0 Å². The van der Waals surface area contributed by atoms with Crippen molar-refractivity contribution in [2.75, 3.05) is 25.1 Å². The second-order valence-corrected chi connectivity index (χ2v) is 5.75. The van der Waals surface area contributed by atoms with Crippen LogP contribution in [0.1, 0.15) is 24.8 Å². The highest BCUT2D eigenvalue weighted by molar-refractivity contribution is 5.47. The smallest absolute Gasteiger partial charge is 0.146 e. The standard InChI is InChI=1S/C15H19F2NO2/c1-10-6-13(17)14(7-12(10)16)18-11-2-4-20-15(8-11)3-5-19-9-15/h6-7,11,18H,2-5,8-9H2,1H3. The molecular weight excluding hydrogens is 264 g/mol. The molecule has 1 aromatic rings. The highest BCUT2D eigenvalue weighted by atomic mass is 19.1. The average molecular weight is 283 g/mol. The van der Waals surface area contributed by atoms with Crippen molar-refractivity contribution in [3.05, 3.63) is 29.3 Å². The maximum absolute atomic E-state index is 13.9. The van der Waals surface area contributed by atoms with Gasteiger partial charge in [0.25, 0.3) is 0 Å². The van der Waals surface area contributed by atoms with Crippen LogP contribution in [0.2, 0.25) is 0 Å². The summed E-state index contributed by atoms with van der Waals surface area (Å²) in [5.74, 6) is -0.799. The lowest BCUT2D eigenvalue weighted by atomic mass is 9.89. The van der Waals surface area contributed by atoms with Crippen LogP contribution in [0, 0.1) is 18.6 Å². The number of anilines is 1. The maximum atomic E-state index is 13.9. The van der Waals surface area contributed by atoms with Crippen molar-refractivity contribution in [2.24, 2.45) is 0 Å². The molecule has 110 valence electrons. The van der Waals surface area contributed by atoms with E-state index in [2.05, 4.69) is 5.32 Å². The zero-order valence-electron chi connectivity index (χ0n) is 11.5. The van der Waals surface area contributed by atoms with Gasteiger partial charge in [-0.05, 0) is 31.4 Å². The first-order chi connectivity index (χ1) is 9.58. The molecule has 3 rings (SSSR count). The lowest BCUT2D eigenvalue weighted by Crippen LogP contribution is -2.45. The van der Waals surface area contributed by atoms with Gasteiger partial charge in [0.05, 0.1) is 17.9 Å². The van der Waals surface area contributed by atoms with E-state index in [-0.39, 0.29) is 23.1 Å². The van der Waals surface area contributed by atoms with Crippen molar-refractivity contribution >= 4 is 5.69 Å². The molecule has 2 fully saturated rings. The summed E-state index contributed by atoms with van der Waals surface area (Å²) in [7, 11) is 0. The van der Waals surface area contributed by atoms with Crippen LogP contribution >= 0.6 is 0 Å². The zero-order valence-corrected chi connectivity index (χ0v) is 11.5. The van der Waals surface area contributed by atoms with Crippen molar-refractivity contribution in [3.63, 3.8) is 0 Å². The first-order valence-electron chi connectivity index (χ1n) is 7.02. The van der Waals surface area contributed by atoms with E-state index in [4.69, 9.17) is 9.47 Å². The Balaban J connectivity index is 1.73. The number of halogens is 2. The molecule has 1 spiro atoms. The van der Waals surface area contributed by atoms with Crippen molar-refractivity contribution in [1.29, 1.82) is 0 Å². The first-order valence-corrected chi connectivity index (χ1v) is 7.02. The van der Waals surface area contributed by atoms with Crippen LogP contribution in [0.3, 0.4) is 0 Å². The van der Waals surface area contributed by atoms with Crippen LogP contribution in [-0.2, 0) is 9.47 Å². The summed E-state index contributed by atoms with van der Waals surface area (Å²) in [6, 6.07) is 2.55. The number of ether oxygens (including phenoxy) is 2. The molecule has 2 saturated heterocycles. The Hall–Kier alpha value is -1.20. The number of hydrogen-bond donors (Lipinski definition) is 1. The Kier molecular flexibility index (Phi) is 3.65. The number of hydrogen-bond acceptors (Lipinski definition) is 3. The minimum Gasteiger partial charge on any atom is -0.380 e. The summed E-state index contributed by atoms with van der Waals surface area (Å²) < 4.78 is 38.7. The predicted octanol–water partition coefficient (Wildman–Crippen LogP) is 3.02. The first kappa shape index (κ1) is 13.8. The van der Waals surface area contributed by atoms with Gasteiger partial charge in [-0.2, -0.15) is 0 Å². The molecule has 1 aromatic carbocycles. The Morgan fingerprint density at radius 1 is 1.25 bits per heavy atom. The van der Waals surface area contributed by atoms with E-state index in [1.54, 1.807) is 6.92 Å². The fourth-order valence-electron chi connectivity index (χ4n) is 2.99. The van der Waals surface area contributed by atoms with Gasteiger partial charge in [0, 0.05) is 31.7 Å². The highest BCUT2D eigenvalue weighted by Crippen LogP contribution is 2.34. The van der Waals surface area contributed by atoms with Gasteiger partial charge in [0.2, 0.25) is 0 Å². The summed E-state index contributed by atoms with van der Waals surface area (Å²) in [6.45, 7) is 3.48. The van der Waals surface area contributed by atoms with Crippen LogP contribution in [0.4, 0.5) is 14.5 Å². The third-order valence-electron chi connectivity index (χ3n) is 4.17. The summed E-state index contributed by atoms with van der Waals surface area (Å²) in [5.41, 5.74) is 0.310.